The van der Waals surface area contributed by atoms with Gasteiger partial charge in [0, 0.05) is 5.69 Å². The van der Waals surface area contributed by atoms with E-state index in [0.717, 1.165) is 15.6 Å². The largest absolute Gasteiger partial charge is 0.382 e. The number of nitrogens with one attached hydrogen (secondary N) is 1. The Kier molecular flexibility index (Phi) is 2.56. The third kappa shape index (κ3) is 1.98. The van der Waals surface area contributed by atoms with Gasteiger partial charge in [-0.1, -0.05) is 29.5 Å². The zero-order valence-corrected chi connectivity index (χ0v) is 10.5. The van der Waals surface area contributed by atoms with Crippen LogP contribution in [0.15, 0.2) is 30.3 Å². The van der Waals surface area contributed by atoms with E-state index in [1.165, 1.54) is 11.3 Å². The van der Waals surface area contributed by atoms with Gasteiger partial charge < -0.3 is 11.1 Å². The number of aromatic nitrogens is 3. The van der Waals surface area contributed by atoms with E-state index in [9.17, 15) is 0 Å². The Balaban J connectivity index is 2.01. The highest BCUT2D eigenvalue weighted by molar-refractivity contribution is 7.21. The maximum absolute atomic E-state index is 5.83. The number of hydrogen-bond donors (Lipinski definition) is 2. The molecule has 6 heteroatoms. The molecule has 0 amide bonds. The smallest absolute Gasteiger partial charge is 0.189 e. The summed E-state index contributed by atoms with van der Waals surface area (Å²) in [4.78, 5) is 13.6. The van der Waals surface area contributed by atoms with Crippen LogP contribution in [0.4, 0.5) is 16.6 Å². The normalized spacial score (nSPS) is 10.7. The second kappa shape index (κ2) is 4.23. The van der Waals surface area contributed by atoms with Crippen LogP contribution in [-0.2, 0) is 0 Å². The molecule has 0 aliphatic rings. The fourth-order valence-electron chi connectivity index (χ4n) is 1.65. The maximum atomic E-state index is 5.83. The van der Waals surface area contributed by atoms with Gasteiger partial charge in [0.1, 0.15) is 11.3 Å². The molecule has 2 aromatic heterocycles. The lowest BCUT2D eigenvalue weighted by molar-refractivity contribution is 1.10. The number of hydrogen-bond acceptors (Lipinski definition) is 6. The van der Waals surface area contributed by atoms with E-state index in [1.54, 1.807) is 0 Å². The molecule has 0 unspecified atom stereocenters. The Morgan fingerprint density at radius 1 is 1.11 bits per heavy atom. The van der Waals surface area contributed by atoms with Crippen molar-refractivity contribution in [1.82, 2.24) is 15.0 Å². The fraction of sp³-hybridized carbons (Fsp3) is 0.0833. The van der Waals surface area contributed by atoms with Crippen molar-refractivity contribution in [2.45, 2.75) is 6.92 Å². The summed E-state index contributed by atoms with van der Waals surface area (Å²) in [5.74, 6) is 1.09. The predicted octanol–water partition coefficient (Wildman–Crippen LogP) is 2.72. The van der Waals surface area contributed by atoms with Gasteiger partial charge >= 0.3 is 0 Å². The van der Waals surface area contributed by atoms with Gasteiger partial charge in [-0.15, -0.1) is 0 Å². The molecule has 0 radical (unpaired) electrons. The number of nitrogens with two attached hydrogens (primary N) is 1. The molecular formula is C12H11N5S. The highest BCUT2D eigenvalue weighted by Gasteiger charge is 2.09. The maximum Gasteiger partial charge on any atom is 0.189 e. The van der Waals surface area contributed by atoms with Crippen molar-refractivity contribution in [3.63, 3.8) is 0 Å². The Hall–Kier alpha value is -2.21. The van der Waals surface area contributed by atoms with Crippen molar-refractivity contribution in [2.75, 3.05) is 11.1 Å². The predicted molar refractivity (Wildman–Crippen MR) is 74.1 cm³/mol. The summed E-state index contributed by atoms with van der Waals surface area (Å²) in [6.07, 6.45) is 0. The van der Waals surface area contributed by atoms with Crippen LogP contribution in [0, 0.1) is 6.92 Å². The number of nitrogen functional groups attached to an aromatic ring is 1. The first-order chi connectivity index (χ1) is 8.72. The first kappa shape index (κ1) is 10.9. The molecular weight excluding hydrogens is 246 g/mol. The van der Waals surface area contributed by atoms with Crippen LogP contribution < -0.4 is 11.1 Å². The van der Waals surface area contributed by atoms with Crippen LogP contribution in [0.1, 0.15) is 5.82 Å². The fourth-order valence-corrected chi connectivity index (χ4v) is 2.57. The lowest BCUT2D eigenvalue weighted by Crippen LogP contribution is -1.96. The van der Waals surface area contributed by atoms with Crippen LogP contribution >= 0.6 is 11.3 Å². The van der Waals surface area contributed by atoms with Crippen molar-refractivity contribution < 1.29 is 0 Å². The van der Waals surface area contributed by atoms with Crippen LogP contribution in [0.5, 0.6) is 0 Å². The molecule has 2 heterocycles. The third-order valence-electron chi connectivity index (χ3n) is 2.42. The molecule has 0 atom stereocenters. The second-order valence-corrected chi connectivity index (χ2v) is 4.80. The number of benzene rings is 1. The average molecular weight is 257 g/mol. The number of fused-ring (bicyclic) bond motifs is 1. The molecule has 0 aliphatic carbocycles. The Morgan fingerprint density at radius 3 is 2.67 bits per heavy atom. The second-order valence-electron chi connectivity index (χ2n) is 3.82. The number of anilines is 3. The van der Waals surface area contributed by atoms with Crippen molar-refractivity contribution in [3.8, 4) is 0 Å². The SMILES string of the molecule is Cc1nc(N)c2nc(Nc3ccccc3)sc2n1. The van der Waals surface area contributed by atoms with Crippen LogP contribution in [0.2, 0.25) is 0 Å². The monoisotopic (exact) mass is 257 g/mol. The quantitative estimate of drug-likeness (QED) is 0.738. The minimum absolute atomic E-state index is 0.426. The summed E-state index contributed by atoms with van der Waals surface area (Å²) >= 11 is 1.47. The van der Waals surface area contributed by atoms with Gasteiger partial charge in [-0.3, -0.25) is 0 Å². The lowest BCUT2D eigenvalue weighted by atomic mass is 10.3. The van der Waals surface area contributed by atoms with Gasteiger partial charge in [0.15, 0.2) is 15.8 Å². The number of rotatable bonds is 2. The molecule has 0 spiro atoms. The first-order valence-electron chi connectivity index (χ1n) is 5.45. The summed E-state index contributed by atoms with van der Waals surface area (Å²) in [6.45, 7) is 1.82. The molecule has 0 fully saturated rings. The minimum atomic E-state index is 0.426. The zero-order chi connectivity index (χ0) is 12.5. The molecule has 90 valence electrons. The van der Waals surface area contributed by atoms with E-state index in [1.807, 2.05) is 37.3 Å². The van der Waals surface area contributed by atoms with Crippen molar-refractivity contribution >= 4 is 38.3 Å². The van der Waals surface area contributed by atoms with E-state index in [-0.39, 0.29) is 0 Å². The van der Waals surface area contributed by atoms with E-state index in [0.29, 0.717) is 17.2 Å². The van der Waals surface area contributed by atoms with E-state index < -0.39 is 0 Å². The molecule has 0 saturated carbocycles. The first-order valence-corrected chi connectivity index (χ1v) is 6.27. The van der Waals surface area contributed by atoms with Crippen LogP contribution in [0.3, 0.4) is 0 Å². The minimum Gasteiger partial charge on any atom is -0.382 e. The third-order valence-corrected chi connectivity index (χ3v) is 3.29. The van der Waals surface area contributed by atoms with Crippen molar-refractivity contribution in [2.24, 2.45) is 0 Å². The Bertz CT molecular complexity index is 692. The van der Waals surface area contributed by atoms with Gasteiger partial charge in [0.25, 0.3) is 0 Å². The topological polar surface area (TPSA) is 76.7 Å². The molecule has 0 saturated heterocycles. The summed E-state index contributed by atoms with van der Waals surface area (Å²) in [5.41, 5.74) is 7.47. The molecule has 1 aromatic carbocycles. The molecule has 3 aromatic rings. The standard InChI is InChI=1S/C12H11N5S/c1-7-14-10(13)9-11(15-7)18-12(17-9)16-8-5-3-2-4-6-8/h2-6H,1H3,(H,16,17)(H2,13,14,15). The summed E-state index contributed by atoms with van der Waals surface area (Å²) in [7, 11) is 0. The molecule has 3 N–H and O–H groups in total. The lowest BCUT2D eigenvalue weighted by Gasteiger charge is -1.99. The average Bonchev–Trinajstić information content (AvgIpc) is 2.73. The summed E-state index contributed by atoms with van der Waals surface area (Å²) in [5, 5.41) is 3.99. The van der Waals surface area contributed by atoms with Crippen molar-refractivity contribution in [1.29, 1.82) is 0 Å². The molecule has 18 heavy (non-hydrogen) atoms. The molecule has 3 rings (SSSR count). The number of thiazole rings is 1. The van der Waals surface area contributed by atoms with Crippen LogP contribution in [0.25, 0.3) is 10.3 Å². The van der Waals surface area contributed by atoms with Crippen LogP contribution in [-0.4, -0.2) is 15.0 Å². The van der Waals surface area contributed by atoms with E-state index in [2.05, 4.69) is 20.3 Å². The molecule has 0 aliphatic heterocycles. The number of nitrogens with zero attached hydrogens (tertiary/aromatic N) is 3. The summed E-state index contributed by atoms with van der Waals surface area (Å²) in [6, 6.07) is 9.86. The number of para-hydroxylation sites is 1. The van der Waals surface area contributed by atoms with Crippen molar-refractivity contribution in [3.05, 3.63) is 36.2 Å². The van der Waals surface area contributed by atoms with E-state index in [4.69, 9.17) is 5.73 Å². The highest BCUT2D eigenvalue weighted by Crippen LogP contribution is 2.29. The van der Waals surface area contributed by atoms with E-state index >= 15 is 0 Å². The Labute approximate surface area is 108 Å². The Morgan fingerprint density at radius 2 is 1.89 bits per heavy atom. The van der Waals surface area contributed by atoms with Gasteiger partial charge in [-0.25, -0.2) is 15.0 Å². The molecule has 0 bridgehead atoms. The summed E-state index contributed by atoms with van der Waals surface area (Å²) < 4.78 is 0. The highest BCUT2D eigenvalue weighted by atomic mass is 32.1. The van der Waals surface area contributed by atoms with Gasteiger partial charge in [-0.2, -0.15) is 0 Å². The zero-order valence-electron chi connectivity index (χ0n) is 9.71. The van der Waals surface area contributed by atoms with Gasteiger partial charge in [-0.05, 0) is 19.1 Å². The molecule has 5 nitrogen and oxygen atoms in total. The van der Waals surface area contributed by atoms with Gasteiger partial charge in [0.05, 0.1) is 0 Å². The van der Waals surface area contributed by atoms with Gasteiger partial charge in [0.2, 0.25) is 0 Å². The number of aryl methyl sites for hydroxylation is 1.